The largest absolute Gasteiger partial charge is 0.366 e. The molecule has 0 bridgehead atoms. The van der Waals surface area contributed by atoms with Crippen molar-refractivity contribution in [2.45, 2.75) is 26.7 Å². The van der Waals surface area contributed by atoms with E-state index < -0.39 is 11.7 Å². The first-order chi connectivity index (χ1) is 11.5. The maximum Gasteiger partial charge on any atom is 0.257 e. The van der Waals surface area contributed by atoms with Crippen molar-refractivity contribution in [2.24, 2.45) is 5.73 Å². The molecule has 24 heavy (non-hydrogen) atoms. The van der Waals surface area contributed by atoms with Crippen LogP contribution in [0.4, 0.5) is 10.1 Å². The Labute approximate surface area is 139 Å². The zero-order valence-corrected chi connectivity index (χ0v) is 13.5. The maximum atomic E-state index is 13.5. The number of anilines is 1. The number of carbonyl (C=O) groups is 2. The molecule has 5 nitrogen and oxygen atoms in total. The van der Waals surface area contributed by atoms with Crippen molar-refractivity contribution in [2.75, 3.05) is 5.32 Å². The van der Waals surface area contributed by atoms with E-state index in [2.05, 4.69) is 5.32 Å². The Balaban J connectivity index is 2.18. The van der Waals surface area contributed by atoms with Gasteiger partial charge >= 0.3 is 0 Å². The van der Waals surface area contributed by atoms with Gasteiger partial charge in [-0.2, -0.15) is 0 Å². The summed E-state index contributed by atoms with van der Waals surface area (Å²) in [5.74, 6) is -1.19. The Morgan fingerprint density at radius 3 is 2.71 bits per heavy atom. The lowest BCUT2D eigenvalue weighted by atomic mass is 10.1. The lowest BCUT2D eigenvalue weighted by Crippen LogP contribution is -2.15. The molecule has 0 spiro atoms. The highest BCUT2D eigenvalue weighted by Crippen LogP contribution is 2.33. The molecule has 3 N–H and O–H groups in total. The van der Waals surface area contributed by atoms with E-state index in [1.54, 1.807) is 17.0 Å². The average molecular weight is 327 g/mol. The van der Waals surface area contributed by atoms with Gasteiger partial charge in [-0.15, -0.1) is 0 Å². The standard InChI is InChI=1S/C18H18FN3O2/c1-3-10-8-22(15(4-2)16(10)17(20)23)9-13-12-7-11(19)5-6-14(12)21-18(13)24/h5-9H,3-4H2,1-2H3,(H2,20,23)(H,21,24). The van der Waals surface area contributed by atoms with Crippen LogP contribution in [0, 0.1) is 5.82 Å². The number of aromatic nitrogens is 1. The van der Waals surface area contributed by atoms with Crippen LogP contribution < -0.4 is 11.1 Å². The summed E-state index contributed by atoms with van der Waals surface area (Å²) in [7, 11) is 0. The summed E-state index contributed by atoms with van der Waals surface area (Å²) in [6, 6.07) is 4.16. The molecule has 124 valence electrons. The van der Waals surface area contributed by atoms with Crippen LogP contribution in [0.25, 0.3) is 11.8 Å². The Morgan fingerprint density at radius 1 is 1.33 bits per heavy atom. The Morgan fingerprint density at radius 2 is 2.08 bits per heavy atom. The highest BCUT2D eigenvalue weighted by atomic mass is 19.1. The molecule has 6 heteroatoms. The zero-order chi connectivity index (χ0) is 17.4. The second-order valence-electron chi connectivity index (χ2n) is 5.64. The Bertz CT molecular complexity index is 881. The number of amides is 2. The van der Waals surface area contributed by atoms with Crippen LogP contribution in [0.1, 0.15) is 41.0 Å². The monoisotopic (exact) mass is 327 g/mol. The van der Waals surface area contributed by atoms with Gasteiger partial charge in [0.15, 0.2) is 0 Å². The summed E-state index contributed by atoms with van der Waals surface area (Å²) < 4.78 is 15.3. The third kappa shape index (κ3) is 2.50. The van der Waals surface area contributed by atoms with Crippen LogP contribution in [0.3, 0.4) is 0 Å². The van der Waals surface area contributed by atoms with Crippen molar-refractivity contribution < 1.29 is 14.0 Å². The van der Waals surface area contributed by atoms with Gasteiger partial charge in [0, 0.05) is 29.3 Å². The third-order valence-corrected chi connectivity index (χ3v) is 4.21. The number of nitrogens with one attached hydrogen (secondary N) is 1. The van der Waals surface area contributed by atoms with E-state index in [-0.39, 0.29) is 5.91 Å². The minimum Gasteiger partial charge on any atom is -0.366 e. The predicted octanol–water partition coefficient (Wildman–Crippen LogP) is 2.80. The second kappa shape index (κ2) is 5.96. The molecule has 0 unspecified atom stereocenters. The SMILES string of the molecule is CCc1cn(C=C2C(=O)Nc3ccc(F)cc32)c(CC)c1C(N)=O. The topological polar surface area (TPSA) is 77.1 Å². The fourth-order valence-corrected chi connectivity index (χ4v) is 3.10. The molecule has 0 aliphatic carbocycles. The number of fused-ring (bicyclic) bond motifs is 1. The summed E-state index contributed by atoms with van der Waals surface area (Å²) in [5.41, 5.74) is 9.01. The molecule has 0 saturated heterocycles. The fraction of sp³-hybridized carbons (Fsp3) is 0.222. The average Bonchev–Trinajstić information content (AvgIpc) is 3.05. The molecule has 2 heterocycles. The normalized spacial score (nSPS) is 14.8. The van der Waals surface area contributed by atoms with E-state index in [0.29, 0.717) is 35.2 Å². The number of nitrogens with two attached hydrogens (primary N) is 1. The molecular formula is C18H18FN3O2. The van der Waals surface area contributed by atoms with Crippen molar-refractivity contribution >= 4 is 29.3 Å². The minimum atomic E-state index is -0.483. The number of hydrogen-bond donors (Lipinski definition) is 2. The van der Waals surface area contributed by atoms with Gasteiger partial charge in [-0.25, -0.2) is 4.39 Å². The Hall–Kier alpha value is -2.89. The predicted molar refractivity (Wildman–Crippen MR) is 90.9 cm³/mol. The first-order valence-electron chi connectivity index (χ1n) is 7.81. The molecule has 0 atom stereocenters. The van der Waals surface area contributed by atoms with Crippen LogP contribution >= 0.6 is 0 Å². The lowest BCUT2D eigenvalue weighted by molar-refractivity contribution is -0.110. The number of benzene rings is 1. The molecule has 0 fully saturated rings. The molecule has 1 aliphatic heterocycles. The van der Waals surface area contributed by atoms with Gasteiger partial charge in [0.2, 0.25) is 0 Å². The molecule has 0 radical (unpaired) electrons. The third-order valence-electron chi connectivity index (χ3n) is 4.21. The number of rotatable bonds is 4. The molecule has 0 saturated carbocycles. The van der Waals surface area contributed by atoms with E-state index >= 15 is 0 Å². The van der Waals surface area contributed by atoms with Gasteiger partial charge in [0.25, 0.3) is 11.8 Å². The van der Waals surface area contributed by atoms with Gasteiger partial charge in [-0.05, 0) is 36.6 Å². The number of halogens is 1. The van der Waals surface area contributed by atoms with Crippen LogP contribution in [0.2, 0.25) is 0 Å². The van der Waals surface area contributed by atoms with Gasteiger partial charge in [-0.3, -0.25) is 9.59 Å². The fourth-order valence-electron chi connectivity index (χ4n) is 3.10. The highest BCUT2D eigenvalue weighted by Gasteiger charge is 2.26. The summed E-state index contributed by atoms with van der Waals surface area (Å²) in [5, 5.41) is 2.71. The van der Waals surface area contributed by atoms with Gasteiger partial charge in [-0.1, -0.05) is 13.8 Å². The van der Waals surface area contributed by atoms with E-state index in [1.165, 1.54) is 18.2 Å². The van der Waals surface area contributed by atoms with Crippen molar-refractivity contribution in [1.29, 1.82) is 0 Å². The first-order valence-corrected chi connectivity index (χ1v) is 7.81. The number of nitrogens with zero attached hydrogens (tertiary/aromatic N) is 1. The molecule has 3 rings (SSSR count). The van der Waals surface area contributed by atoms with Crippen molar-refractivity contribution in [3.8, 4) is 0 Å². The van der Waals surface area contributed by atoms with E-state index in [0.717, 1.165) is 11.3 Å². The van der Waals surface area contributed by atoms with E-state index in [4.69, 9.17) is 5.73 Å². The van der Waals surface area contributed by atoms with Crippen molar-refractivity contribution in [1.82, 2.24) is 4.57 Å². The van der Waals surface area contributed by atoms with Gasteiger partial charge in [0.05, 0.1) is 11.1 Å². The lowest BCUT2D eigenvalue weighted by Gasteiger charge is -2.05. The first kappa shape index (κ1) is 16.0. The van der Waals surface area contributed by atoms with Crippen LogP contribution in [0.5, 0.6) is 0 Å². The van der Waals surface area contributed by atoms with Gasteiger partial charge < -0.3 is 15.6 Å². The van der Waals surface area contributed by atoms with Crippen LogP contribution in [-0.4, -0.2) is 16.4 Å². The van der Waals surface area contributed by atoms with E-state index in [1.807, 2.05) is 13.8 Å². The smallest absolute Gasteiger partial charge is 0.257 e. The summed E-state index contributed by atoms with van der Waals surface area (Å²) in [4.78, 5) is 24.0. The van der Waals surface area contributed by atoms with Crippen LogP contribution in [-0.2, 0) is 17.6 Å². The van der Waals surface area contributed by atoms with Crippen molar-refractivity contribution in [3.63, 3.8) is 0 Å². The molecule has 1 aromatic heterocycles. The quantitative estimate of drug-likeness (QED) is 0.847. The van der Waals surface area contributed by atoms with Gasteiger partial charge in [0.1, 0.15) is 5.82 Å². The van der Waals surface area contributed by atoms with Crippen LogP contribution in [0.15, 0.2) is 24.4 Å². The second-order valence-corrected chi connectivity index (χ2v) is 5.64. The van der Waals surface area contributed by atoms with E-state index in [9.17, 15) is 14.0 Å². The minimum absolute atomic E-state index is 0.301. The summed E-state index contributed by atoms with van der Waals surface area (Å²) in [6.07, 6.45) is 4.67. The number of carbonyl (C=O) groups excluding carboxylic acids is 2. The summed E-state index contributed by atoms with van der Waals surface area (Å²) in [6.45, 7) is 3.85. The maximum absolute atomic E-state index is 13.5. The number of hydrogen-bond acceptors (Lipinski definition) is 2. The molecule has 2 aromatic rings. The highest BCUT2D eigenvalue weighted by molar-refractivity contribution is 6.34. The zero-order valence-electron chi connectivity index (χ0n) is 13.5. The molecule has 1 aliphatic rings. The number of primary amides is 1. The molecular weight excluding hydrogens is 309 g/mol. The number of aryl methyl sites for hydroxylation is 1. The molecule has 1 aromatic carbocycles. The molecule has 2 amide bonds. The summed E-state index contributed by atoms with van der Waals surface area (Å²) >= 11 is 0. The van der Waals surface area contributed by atoms with Crippen molar-refractivity contribution in [3.05, 3.63) is 52.6 Å². The Kier molecular flexibility index (Phi) is 3.97.